The van der Waals surface area contributed by atoms with E-state index in [1.165, 1.54) is 57.3 Å². The molecule has 0 nitrogen and oxygen atoms in total. The summed E-state index contributed by atoms with van der Waals surface area (Å²) >= 11 is 6.80. The molecule has 5 rings (SSSR count). The first-order valence-electron chi connectivity index (χ1n) is 9.49. The zero-order valence-electron chi connectivity index (χ0n) is 15.2. The molecule has 0 radical (unpaired) electrons. The summed E-state index contributed by atoms with van der Waals surface area (Å²) in [6, 6.07) is 26.1. The molecule has 136 valence electrons. The predicted molar refractivity (Wildman–Crippen MR) is 125 cm³/mol. The van der Waals surface area contributed by atoms with Crippen molar-refractivity contribution in [3.05, 3.63) is 94.0 Å². The Bertz CT molecular complexity index is 1080. The monoisotopic (exact) mass is 480 g/mol. The molecule has 1 aliphatic rings. The Morgan fingerprint density at radius 2 is 1.41 bits per heavy atom. The van der Waals surface area contributed by atoms with Crippen LogP contribution in [0.4, 0.5) is 0 Å². The van der Waals surface area contributed by atoms with Gasteiger partial charge in [-0.3, -0.25) is 0 Å². The molecule has 0 heterocycles. The summed E-state index contributed by atoms with van der Waals surface area (Å²) in [6.07, 6.45) is 5.22. The van der Waals surface area contributed by atoms with E-state index in [4.69, 9.17) is 0 Å². The van der Waals surface area contributed by atoms with Gasteiger partial charge in [0.2, 0.25) is 0 Å². The van der Waals surface area contributed by atoms with E-state index in [2.05, 4.69) is 86.5 Å². The summed E-state index contributed by atoms with van der Waals surface area (Å²) in [5.41, 5.74) is 4.46. The second-order valence-electron chi connectivity index (χ2n) is 7.02. The molecule has 0 saturated carbocycles. The highest BCUT2D eigenvalue weighted by atomic mass is 79.9. The van der Waals surface area contributed by atoms with Crippen LogP contribution >= 0.6 is 31.9 Å². The number of aryl methyl sites for hydroxylation is 2. The highest BCUT2D eigenvalue weighted by molar-refractivity contribution is 9.10. The van der Waals surface area contributed by atoms with Crippen molar-refractivity contribution < 1.29 is 0 Å². The highest BCUT2D eigenvalue weighted by Crippen LogP contribution is 2.33. The molecule has 0 saturated heterocycles. The molecular formula is C25H22Br2. The molecule has 4 aromatic rings. The van der Waals surface area contributed by atoms with Gasteiger partial charge in [-0.1, -0.05) is 98.6 Å². The summed E-state index contributed by atoms with van der Waals surface area (Å²) in [6.45, 7) is 0. The minimum atomic E-state index is 0.911. The van der Waals surface area contributed by atoms with Crippen molar-refractivity contribution >= 4 is 53.4 Å². The van der Waals surface area contributed by atoms with Gasteiger partial charge >= 0.3 is 0 Å². The first-order valence-corrected chi connectivity index (χ1v) is 11.4. The van der Waals surface area contributed by atoms with Crippen molar-refractivity contribution in [1.82, 2.24) is 0 Å². The normalized spacial score (nSPS) is 13.1. The molecule has 0 N–H and O–H groups in total. The van der Waals surface area contributed by atoms with Crippen LogP contribution < -0.4 is 0 Å². The molecule has 2 heteroatoms. The third-order valence-electron chi connectivity index (χ3n) is 5.36. The van der Waals surface area contributed by atoms with Crippen molar-refractivity contribution in [2.75, 3.05) is 0 Å². The molecule has 0 fully saturated rings. The van der Waals surface area contributed by atoms with Crippen molar-refractivity contribution in [3.8, 4) is 0 Å². The van der Waals surface area contributed by atoms with E-state index in [1.807, 2.05) is 18.2 Å². The van der Waals surface area contributed by atoms with Gasteiger partial charge in [0, 0.05) is 9.80 Å². The Morgan fingerprint density at radius 1 is 0.667 bits per heavy atom. The SMILES string of the molecule is BrCc1ccccc1Br.c1ccc2c(c1)ccc1c3c(ccc12)CCCC3. The lowest BCUT2D eigenvalue weighted by Gasteiger charge is -2.18. The fourth-order valence-electron chi connectivity index (χ4n) is 3.95. The molecule has 0 spiro atoms. The smallest absolute Gasteiger partial charge is 0.0294 e. The Kier molecular flexibility index (Phi) is 5.95. The minimum Gasteiger partial charge on any atom is -0.0876 e. The van der Waals surface area contributed by atoms with E-state index in [0.717, 1.165) is 5.33 Å². The standard InChI is InChI=1S/C18H16.C7H6Br2/c1-3-7-15-13(5-1)9-11-18-16-8-4-2-6-14(16)10-12-17(15)18;8-5-6-3-1-2-4-7(6)9/h1,3,5,7,9-12H,2,4,6,8H2;1-4H,5H2. The van der Waals surface area contributed by atoms with Crippen LogP contribution in [0.25, 0.3) is 21.5 Å². The zero-order chi connectivity index (χ0) is 18.6. The van der Waals surface area contributed by atoms with Crippen LogP contribution in [-0.4, -0.2) is 0 Å². The number of hydrogen-bond acceptors (Lipinski definition) is 0. The number of alkyl halides is 1. The van der Waals surface area contributed by atoms with Gasteiger partial charge in [0.25, 0.3) is 0 Å². The first-order chi connectivity index (χ1) is 13.3. The quantitative estimate of drug-likeness (QED) is 0.190. The summed E-state index contributed by atoms with van der Waals surface area (Å²) < 4.78 is 1.17. The molecule has 0 aliphatic heterocycles. The lowest BCUT2D eigenvalue weighted by atomic mass is 9.86. The van der Waals surface area contributed by atoms with Gasteiger partial charge in [0.05, 0.1) is 0 Å². The molecule has 0 amide bonds. The lowest BCUT2D eigenvalue weighted by Crippen LogP contribution is -2.02. The van der Waals surface area contributed by atoms with E-state index in [0.29, 0.717) is 0 Å². The van der Waals surface area contributed by atoms with Crippen LogP contribution in [-0.2, 0) is 18.2 Å². The van der Waals surface area contributed by atoms with Crippen LogP contribution in [0, 0.1) is 0 Å². The van der Waals surface area contributed by atoms with Gasteiger partial charge in [0.15, 0.2) is 0 Å². The number of fused-ring (bicyclic) bond motifs is 5. The summed E-state index contributed by atoms with van der Waals surface area (Å²) in [7, 11) is 0. The van der Waals surface area contributed by atoms with Crippen LogP contribution in [0.15, 0.2) is 77.3 Å². The van der Waals surface area contributed by atoms with Crippen molar-refractivity contribution in [3.63, 3.8) is 0 Å². The van der Waals surface area contributed by atoms with Gasteiger partial charge in [-0.05, 0) is 70.0 Å². The highest BCUT2D eigenvalue weighted by Gasteiger charge is 2.13. The summed E-state index contributed by atoms with van der Waals surface area (Å²) in [5, 5.41) is 6.55. The van der Waals surface area contributed by atoms with Crippen LogP contribution in [0.5, 0.6) is 0 Å². The summed E-state index contributed by atoms with van der Waals surface area (Å²) in [5.74, 6) is 0. The Morgan fingerprint density at radius 3 is 2.22 bits per heavy atom. The minimum absolute atomic E-state index is 0.911. The van der Waals surface area contributed by atoms with Gasteiger partial charge in [-0.15, -0.1) is 0 Å². The largest absolute Gasteiger partial charge is 0.0876 e. The summed E-state index contributed by atoms with van der Waals surface area (Å²) in [4.78, 5) is 0. The van der Waals surface area contributed by atoms with E-state index in [1.54, 1.807) is 11.1 Å². The maximum Gasteiger partial charge on any atom is 0.0294 e. The fraction of sp³-hybridized carbons (Fsp3) is 0.200. The number of hydrogen-bond donors (Lipinski definition) is 0. The van der Waals surface area contributed by atoms with Crippen molar-refractivity contribution in [1.29, 1.82) is 0 Å². The number of halogens is 2. The van der Waals surface area contributed by atoms with Gasteiger partial charge < -0.3 is 0 Å². The molecule has 27 heavy (non-hydrogen) atoms. The van der Waals surface area contributed by atoms with E-state index >= 15 is 0 Å². The van der Waals surface area contributed by atoms with Gasteiger partial charge in [-0.25, -0.2) is 0 Å². The molecule has 1 aliphatic carbocycles. The maximum atomic E-state index is 3.43. The van der Waals surface area contributed by atoms with Crippen LogP contribution in [0.2, 0.25) is 0 Å². The van der Waals surface area contributed by atoms with E-state index in [9.17, 15) is 0 Å². The molecule has 0 bridgehead atoms. The first kappa shape index (κ1) is 18.7. The number of rotatable bonds is 1. The number of benzene rings is 4. The molecule has 0 atom stereocenters. The maximum absolute atomic E-state index is 3.43. The van der Waals surface area contributed by atoms with Crippen LogP contribution in [0.3, 0.4) is 0 Å². The second-order valence-corrected chi connectivity index (χ2v) is 8.43. The molecule has 4 aromatic carbocycles. The second kappa shape index (κ2) is 8.58. The molecule has 0 unspecified atom stereocenters. The van der Waals surface area contributed by atoms with Crippen LogP contribution in [0.1, 0.15) is 29.5 Å². The topological polar surface area (TPSA) is 0 Å². The van der Waals surface area contributed by atoms with E-state index < -0.39 is 0 Å². The fourth-order valence-corrected chi connectivity index (χ4v) is 5.24. The van der Waals surface area contributed by atoms with Crippen molar-refractivity contribution in [2.45, 2.75) is 31.0 Å². The predicted octanol–water partition coefficient (Wildman–Crippen LogP) is 8.22. The Labute approximate surface area is 177 Å². The van der Waals surface area contributed by atoms with Gasteiger partial charge in [0.1, 0.15) is 0 Å². The zero-order valence-corrected chi connectivity index (χ0v) is 18.4. The van der Waals surface area contributed by atoms with E-state index in [-0.39, 0.29) is 0 Å². The Balaban J connectivity index is 0.000000170. The van der Waals surface area contributed by atoms with Gasteiger partial charge in [-0.2, -0.15) is 0 Å². The molecule has 0 aromatic heterocycles. The molecular weight excluding hydrogens is 460 g/mol. The van der Waals surface area contributed by atoms with Crippen molar-refractivity contribution in [2.24, 2.45) is 0 Å². The average molecular weight is 482 g/mol. The lowest BCUT2D eigenvalue weighted by molar-refractivity contribution is 0.690. The Hall–Kier alpha value is -1.64. The third kappa shape index (κ3) is 3.97. The third-order valence-corrected chi connectivity index (χ3v) is 6.74. The average Bonchev–Trinajstić information content (AvgIpc) is 2.74.